The van der Waals surface area contributed by atoms with E-state index in [0.717, 1.165) is 0 Å². The number of ether oxygens (including phenoxy) is 2. The van der Waals surface area contributed by atoms with Crippen molar-refractivity contribution < 1.29 is 63.6 Å². The van der Waals surface area contributed by atoms with Crippen LogP contribution in [0.5, 0.6) is 0 Å². The van der Waals surface area contributed by atoms with Crippen molar-refractivity contribution in [3.63, 3.8) is 0 Å². The monoisotopic (exact) mass is 408 g/mol. The summed E-state index contributed by atoms with van der Waals surface area (Å²) >= 11 is 1.35. The first-order valence-electron chi connectivity index (χ1n) is 8.39. The summed E-state index contributed by atoms with van der Waals surface area (Å²) in [6.45, 7) is 3.80. The van der Waals surface area contributed by atoms with E-state index in [9.17, 15) is 24.6 Å². The van der Waals surface area contributed by atoms with Gasteiger partial charge in [0.2, 0.25) is 5.91 Å². The first-order valence-corrected chi connectivity index (χ1v) is 9.27. The van der Waals surface area contributed by atoms with Crippen molar-refractivity contribution in [2.24, 2.45) is 17.6 Å². The van der Waals surface area contributed by atoms with Gasteiger partial charge in [0, 0.05) is 16.1 Å². The number of nitrogens with two attached hydrogens (primary N) is 1. The normalized spacial score (nSPS) is 33.2. The summed E-state index contributed by atoms with van der Waals surface area (Å²) in [6.07, 6.45) is -1.45. The number of amides is 2. The number of nitrogens with zero attached hydrogens (tertiary/aromatic N) is 1. The molecule has 27 heavy (non-hydrogen) atoms. The van der Waals surface area contributed by atoms with E-state index in [4.69, 9.17) is 15.2 Å². The number of carbonyl (C=O) groups excluding carboxylic acids is 3. The zero-order valence-corrected chi connectivity index (χ0v) is 18.2. The molecule has 0 aromatic carbocycles. The van der Waals surface area contributed by atoms with Crippen LogP contribution in [0.2, 0.25) is 0 Å². The number of fused-ring (bicyclic) bond motifs is 1. The molecule has 2 amide bonds. The molecule has 2 fully saturated rings. The topological polar surface area (TPSA) is 142 Å². The van der Waals surface area contributed by atoms with Crippen LogP contribution >= 0.6 is 11.8 Å². The summed E-state index contributed by atoms with van der Waals surface area (Å²) in [5, 5.41) is 21.4. The fourth-order valence-corrected chi connectivity index (χ4v) is 5.36. The number of thioether (sulfide) groups is 1. The average Bonchev–Trinajstić information content (AvgIpc) is 3.08. The largest absolute Gasteiger partial charge is 1.00 e. The Morgan fingerprint density at radius 2 is 2.19 bits per heavy atom. The Hall–Kier alpha value is -0.780. The van der Waals surface area contributed by atoms with Crippen LogP contribution in [-0.2, 0) is 19.1 Å². The third-order valence-electron chi connectivity index (χ3n) is 5.05. The molecule has 0 aromatic rings. The van der Waals surface area contributed by atoms with Gasteiger partial charge < -0.3 is 35.1 Å². The number of hydrogen-bond acceptors (Lipinski definition) is 8. The molecular weight excluding hydrogens is 387 g/mol. The third-order valence-corrected chi connectivity index (χ3v) is 6.53. The van der Waals surface area contributed by atoms with Gasteiger partial charge in [-0.2, -0.15) is 0 Å². The Labute approximate surface area is 182 Å². The van der Waals surface area contributed by atoms with Gasteiger partial charge in [-0.15, -0.1) is 11.8 Å². The SMILES string of the molecule is CC(O)C1C(=O)N2C(C(=O)[O-])=C(SC3COC(COC(N)=O)C3)C(C)C12.[Na+]. The molecule has 9 nitrogen and oxygen atoms in total. The van der Waals surface area contributed by atoms with Gasteiger partial charge in [0.05, 0.1) is 42.4 Å². The van der Waals surface area contributed by atoms with Crippen molar-refractivity contribution in [1.82, 2.24) is 4.90 Å². The minimum absolute atomic E-state index is 0. The van der Waals surface area contributed by atoms with E-state index in [0.29, 0.717) is 17.9 Å². The minimum atomic E-state index is -1.40. The number of hydrogen-bond donors (Lipinski definition) is 2. The molecule has 3 aliphatic rings. The Kier molecular flexibility index (Phi) is 7.26. The van der Waals surface area contributed by atoms with E-state index in [1.54, 1.807) is 0 Å². The second-order valence-corrected chi connectivity index (χ2v) is 8.16. The van der Waals surface area contributed by atoms with E-state index in [1.165, 1.54) is 23.6 Å². The molecule has 11 heteroatoms. The van der Waals surface area contributed by atoms with E-state index < -0.39 is 24.1 Å². The molecule has 3 aliphatic heterocycles. The van der Waals surface area contributed by atoms with Crippen LogP contribution < -0.4 is 40.4 Å². The quantitative estimate of drug-likeness (QED) is 0.333. The Balaban J connectivity index is 0.00000261. The average molecular weight is 408 g/mol. The van der Waals surface area contributed by atoms with Crippen LogP contribution in [0.1, 0.15) is 20.3 Å². The zero-order valence-electron chi connectivity index (χ0n) is 15.4. The number of β-lactam (4-membered cyclic amide) rings is 1. The first-order chi connectivity index (χ1) is 12.2. The van der Waals surface area contributed by atoms with Crippen molar-refractivity contribution in [3.05, 3.63) is 10.6 Å². The maximum Gasteiger partial charge on any atom is 1.00 e. The van der Waals surface area contributed by atoms with E-state index in [2.05, 4.69) is 0 Å². The number of aliphatic hydroxyl groups excluding tert-OH is 1. The molecule has 0 radical (unpaired) electrons. The van der Waals surface area contributed by atoms with Gasteiger partial charge in [-0.25, -0.2) is 4.79 Å². The number of aliphatic carboxylic acids is 1. The fraction of sp³-hybridized carbons (Fsp3) is 0.688. The second kappa shape index (κ2) is 8.71. The van der Waals surface area contributed by atoms with Gasteiger partial charge in [-0.3, -0.25) is 4.79 Å². The molecule has 0 aliphatic carbocycles. The minimum Gasteiger partial charge on any atom is -0.543 e. The first kappa shape index (κ1) is 22.5. The Morgan fingerprint density at radius 1 is 1.52 bits per heavy atom. The van der Waals surface area contributed by atoms with Crippen molar-refractivity contribution in [2.45, 2.75) is 43.8 Å². The van der Waals surface area contributed by atoms with Gasteiger partial charge in [0.15, 0.2) is 0 Å². The van der Waals surface area contributed by atoms with Crippen molar-refractivity contribution >= 4 is 29.7 Å². The van der Waals surface area contributed by atoms with Crippen molar-refractivity contribution in [2.75, 3.05) is 13.2 Å². The van der Waals surface area contributed by atoms with Crippen molar-refractivity contribution in [3.8, 4) is 0 Å². The maximum absolute atomic E-state index is 12.3. The standard InChI is InChI=1S/C16H22N2O7S.Na/c1-6-11-10(7(2)19)14(20)18(11)12(15(21)22)13(6)26-9-3-8(24-5-9)4-25-16(17)23;/h6-11,19H,3-5H2,1-2H3,(H2,17,23)(H,21,22);/q;+1/p-1. The van der Waals surface area contributed by atoms with Crippen LogP contribution in [0, 0.1) is 11.8 Å². The van der Waals surface area contributed by atoms with Crippen LogP contribution in [0.15, 0.2) is 10.6 Å². The summed E-state index contributed by atoms with van der Waals surface area (Å²) in [5.74, 6) is -2.60. The number of carbonyl (C=O) groups is 3. The van der Waals surface area contributed by atoms with Crippen LogP contribution in [0.4, 0.5) is 4.79 Å². The molecule has 3 heterocycles. The maximum atomic E-state index is 12.3. The Morgan fingerprint density at radius 3 is 2.74 bits per heavy atom. The molecule has 0 aromatic heterocycles. The smallest absolute Gasteiger partial charge is 0.543 e. The molecular formula is C16H21N2NaO7S. The Bertz CT molecular complexity index is 671. The fourth-order valence-electron chi connectivity index (χ4n) is 3.89. The molecule has 6 atom stereocenters. The summed E-state index contributed by atoms with van der Waals surface area (Å²) in [5.41, 5.74) is 4.83. The molecule has 6 unspecified atom stereocenters. The van der Waals surface area contributed by atoms with E-state index >= 15 is 0 Å². The van der Waals surface area contributed by atoms with E-state index in [1.807, 2.05) is 6.92 Å². The number of primary amides is 1. The van der Waals surface area contributed by atoms with E-state index in [-0.39, 0.29) is 71.1 Å². The molecule has 2 saturated heterocycles. The molecule has 0 spiro atoms. The van der Waals surface area contributed by atoms with Gasteiger partial charge in [0.25, 0.3) is 0 Å². The summed E-state index contributed by atoms with van der Waals surface area (Å²) in [6, 6.07) is -0.366. The van der Waals surface area contributed by atoms with Gasteiger partial charge in [0.1, 0.15) is 6.61 Å². The van der Waals surface area contributed by atoms with Crippen LogP contribution in [0.25, 0.3) is 0 Å². The molecule has 0 saturated carbocycles. The molecule has 3 rings (SSSR count). The second-order valence-electron chi connectivity index (χ2n) is 6.82. The summed E-state index contributed by atoms with van der Waals surface area (Å²) < 4.78 is 10.3. The van der Waals surface area contributed by atoms with Crippen LogP contribution in [0.3, 0.4) is 0 Å². The van der Waals surface area contributed by atoms with Crippen LogP contribution in [-0.4, -0.2) is 64.7 Å². The number of carboxylic acids is 1. The predicted molar refractivity (Wildman–Crippen MR) is 88.3 cm³/mol. The number of aliphatic hydroxyl groups is 1. The van der Waals surface area contributed by atoms with Gasteiger partial charge in [-0.1, -0.05) is 6.92 Å². The third kappa shape index (κ3) is 4.15. The summed E-state index contributed by atoms with van der Waals surface area (Å²) in [7, 11) is 0. The molecule has 3 N–H and O–H groups in total. The van der Waals surface area contributed by atoms with Gasteiger partial charge in [-0.05, 0) is 13.3 Å². The predicted octanol–water partition coefficient (Wildman–Crippen LogP) is -4.20. The number of carboxylic acid groups (broad SMARTS) is 1. The molecule has 0 bridgehead atoms. The van der Waals surface area contributed by atoms with Crippen molar-refractivity contribution in [1.29, 1.82) is 0 Å². The zero-order chi connectivity index (χ0) is 19.2. The van der Waals surface area contributed by atoms with Gasteiger partial charge >= 0.3 is 35.7 Å². The molecule has 144 valence electrons. The number of rotatable bonds is 6. The summed E-state index contributed by atoms with van der Waals surface area (Å²) in [4.78, 5) is 36.4.